The molecule has 28 heavy (non-hydrogen) atoms. The van der Waals surface area contributed by atoms with Crippen molar-refractivity contribution in [2.75, 3.05) is 13.2 Å². The smallest absolute Gasteiger partial charge is 0.164 e. The lowest BCUT2D eigenvalue weighted by molar-refractivity contribution is 0.253. The number of fused-ring (bicyclic) bond motifs is 1. The van der Waals surface area contributed by atoms with E-state index in [1.807, 2.05) is 43.3 Å². The number of hydrogen-bond donors (Lipinski definition) is 1. The van der Waals surface area contributed by atoms with E-state index in [9.17, 15) is 0 Å². The molecule has 6 heteroatoms. The van der Waals surface area contributed by atoms with Gasteiger partial charge < -0.3 is 10.1 Å². The summed E-state index contributed by atoms with van der Waals surface area (Å²) in [5.74, 6) is 0.968. The Balaban J connectivity index is 1.53. The predicted molar refractivity (Wildman–Crippen MR) is 119 cm³/mol. The summed E-state index contributed by atoms with van der Waals surface area (Å²) in [7, 11) is 0. The van der Waals surface area contributed by atoms with Crippen molar-refractivity contribution in [1.82, 2.24) is 10.3 Å². The number of ether oxygens (including phenoxy) is 1. The largest absolute Gasteiger partial charge is 0.489 e. The fourth-order valence-electron chi connectivity index (χ4n) is 2.92. The van der Waals surface area contributed by atoms with E-state index in [2.05, 4.69) is 17.2 Å². The van der Waals surface area contributed by atoms with Crippen molar-refractivity contribution >= 4 is 45.7 Å². The van der Waals surface area contributed by atoms with Gasteiger partial charge in [-0.15, -0.1) is 0 Å². The molecule has 0 fully saturated rings. The van der Waals surface area contributed by atoms with Crippen LogP contribution in [-0.2, 0) is 6.54 Å². The minimum absolute atomic E-state index is 0.365. The van der Waals surface area contributed by atoms with Crippen LogP contribution >= 0.6 is 34.8 Å². The van der Waals surface area contributed by atoms with Crippen LogP contribution in [-0.4, -0.2) is 18.1 Å². The molecule has 0 aliphatic carbocycles. The zero-order valence-electron chi connectivity index (χ0n) is 15.9. The van der Waals surface area contributed by atoms with Crippen molar-refractivity contribution in [3.8, 4) is 5.75 Å². The molecule has 1 aromatic heterocycles. The number of nitrogens with zero attached hydrogens (tertiary/aromatic N) is 1. The summed E-state index contributed by atoms with van der Waals surface area (Å²) >= 11 is 18.6. The third kappa shape index (κ3) is 5.51. The van der Waals surface area contributed by atoms with E-state index in [4.69, 9.17) is 39.5 Å². The van der Waals surface area contributed by atoms with E-state index in [0.29, 0.717) is 33.8 Å². The first-order chi connectivity index (χ1) is 13.4. The van der Waals surface area contributed by atoms with Crippen LogP contribution in [0.1, 0.15) is 24.6 Å². The zero-order valence-corrected chi connectivity index (χ0v) is 18.2. The minimum Gasteiger partial charge on any atom is -0.489 e. The van der Waals surface area contributed by atoms with Crippen LogP contribution in [0.25, 0.3) is 10.9 Å². The second kappa shape index (κ2) is 9.80. The molecule has 1 N–H and O–H groups in total. The number of benzene rings is 2. The van der Waals surface area contributed by atoms with Gasteiger partial charge in [-0.05, 0) is 61.7 Å². The van der Waals surface area contributed by atoms with Gasteiger partial charge in [-0.1, -0.05) is 53.9 Å². The number of hydrogen-bond acceptors (Lipinski definition) is 3. The molecule has 3 nitrogen and oxygen atoms in total. The summed E-state index contributed by atoms with van der Waals surface area (Å²) in [5, 5.41) is 6.13. The van der Waals surface area contributed by atoms with E-state index in [1.54, 1.807) is 6.07 Å². The molecule has 2 aromatic carbocycles. The Labute approximate surface area is 181 Å². The second-order valence-electron chi connectivity index (χ2n) is 7.03. The van der Waals surface area contributed by atoms with E-state index >= 15 is 0 Å². The zero-order chi connectivity index (χ0) is 20.1. The summed E-state index contributed by atoms with van der Waals surface area (Å²) in [4.78, 5) is 4.57. The van der Waals surface area contributed by atoms with Crippen molar-refractivity contribution in [2.24, 2.45) is 5.92 Å². The monoisotopic (exact) mass is 436 g/mol. The Kier molecular flexibility index (Phi) is 7.42. The normalized spacial score (nSPS) is 12.3. The Morgan fingerprint density at radius 3 is 2.54 bits per heavy atom. The summed E-state index contributed by atoms with van der Waals surface area (Å²) in [6.07, 6.45) is 0.989. The quantitative estimate of drug-likeness (QED) is 0.398. The lowest BCUT2D eigenvalue weighted by Gasteiger charge is -2.16. The standard InChI is InChI=1S/C22H23Cl3N2O/c1-14(9-10-26-12-16-4-6-17(23)7-5-16)13-28-22-20(25)11-19(24)18-8-3-15(2)27-21(18)22/h3-8,11,14,26H,9-10,12-13H2,1-2H3. The van der Waals surface area contributed by atoms with Gasteiger partial charge in [0.25, 0.3) is 0 Å². The van der Waals surface area contributed by atoms with E-state index < -0.39 is 0 Å². The van der Waals surface area contributed by atoms with Crippen LogP contribution in [0.5, 0.6) is 5.75 Å². The molecule has 0 saturated carbocycles. The first-order valence-corrected chi connectivity index (χ1v) is 10.4. The number of nitrogens with one attached hydrogen (secondary N) is 1. The van der Waals surface area contributed by atoms with Crippen molar-refractivity contribution in [1.29, 1.82) is 0 Å². The van der Waals surface area contributed by atoms with Crippen molar-refractivity contribution in [3.63, 3.8) is 0 Å². The summed E-state index contributed by atoms with van der Waals surface area (Å²) < 4.78 is 6.05. The Morgan fingerprint density at radius 2 is 1.79 bits per heavy atom. The molecule has 3 aromatic rings. The summed E-state index contributed by atoms with van der Waals surface area (Å²) in [6, 6.07) is 13.5. The minimum atomic E-state index is 0.365. The van der Waals surface area contributed by atoms with Gasteiger partial charge in [0.15, 0.2) is 5.75 Å². The fraction of sp³-hybridized carbons (Fsp3) is 0.318. The van der Waals surface area contributed by atoms with Crippen LogP contribution in [0.4, 0.5) is 0 Å². The maximum atomic E-state index is 6.38. The number of halogens is 3. The molecule has 0 bridgehead atoms. The summed E-state index contributed by atoms with van der Waals surface area (Å²) in [6.45, 7) is 6.39. The number of pyridine rings is 1. The highest BCUT2D eigenvalue weighted by molar-refractivity contribution is 6.39. The van der Waals surface area contributed by atoms with Gasteiger partial charge in [0.1, 0.15) is 5.52 Å². The SMILES string of the molecule is Cc1ccc2c(Cl)cc(Cl)c(OCC(C)CCNCc3ccc(Cl)cc3)c2n1. The number of aromatic nitrogens is 1. The third-order valence-corrected chi connectivity index (χ3v) is 5.39. The molecular weight excluding hydrogens is 415 g/mol. The Bertz CT molecular complexity index is 945. The molecule has 3 rings (SSSR count). The first kappa shape index (κ1) is 21.2. The molecule has 0 saturated heterocycles. The highest BCUT2D eigenvalue weighted by Crippen LogP contribution is 2.37. The molecule has 0 spiro atoms. The highest BCUT2D eigenvalue weighted by atomic mass is 35.5. The number of aryl methyl sites for hydroxylation is 1. The average Bonchev–Trinajstić information content (AvgIpc) is 2.66. The fourth-order valence-corrected chi connectivity index (χ4v) is 3.62. The van der Waals surface area contributed by atoms with E-state index in [1.165, 1.54) is 5.56 Å². The van der Waals surface area contributed by atoms with Gasteiger partial charge in [0, 0.05) is 22.6 Å². The first-order valence-electron chi connectivity index (χ1n) is 9.27. The van der Waals surface area contributed by atoms with E-state index in [0.717, 1.165) is 35.6 Å². The van der Waals surface area contributed by atoms with Crippen LogP contribution in [0.3, 0.4) is 0 Å². The van der Waals surface area contributed by atoms with Gasteiger partial charge in [-0.2, -0.15) is 0 Å². The van der Waals surface area contributed by atoms with Crippen LogP contribution in [0.15, 0.2) is 42.5 Å². The number of rotatable bonds is 8. The molecule has 1 unspecified atom stereocenters. The molecule has 0 aliphatic heterocycles. The maximum Gasteiger partial charge on any atom is 0.164 e. The highest BCUT2D eigenvalue weighted by Gasteiger charge is 2.14. The molecule has 0 radical (unpaired) electrons. The molecule has 1 heterocycles. The maximum absolute atomic E-state index is 6.38. The van der Waals surface area contributed by atoms with Crippen molar-refractivity contribution < 1.29 is 4.74 Å². The van der Waals surface area contributed by atoms with Gasteiger partial charge in [-0.25, -0.2) is 4.98 Å². The van der Waals surface area contributed by atoms with Crippen LogP contribution < -0.4 is 10.1 Å². The van der Waals surface area contributed by atoms with Gasteiger partial charge in [0.05, 0.1) is 16.7 Å². The van der Waals surface area contributed by atoms with Crippen molar-refractivity contribution in [2.45, 2.75) is 26.8 Å². The Hall–Kier alpha value is -1.52. The second-order valence-corrected chi connectivity index (χ2v) is 8.28. The van der Waals surface area contributed by atoms with Gasteiger partial charge >= 0.3 is 0 Å². The van der Waals surface area contributed by atoms with Gasteiger partial charge in [0.2, 0.25) is 0 Å². The third-order valence-electron chi connectivity index (χ3n) is 4.55. The predicted octanol–water partition coefficient (Wildman–Crippen LogP) is 6.70. The molecule has 1 atom stereocenters. The van der Waals surface area contributed by atoms with Crippen LogP contribution in [0, 0.1) is 12.8 Å². The van der Waals surface area contributed by atoms with E-state index in [-0.39, 0.29) is 0 Å². The molecule has 0 amide bonds. The lowest BCUT2D eigenvalue weighted by Crippen LogP contribution is -2.19. The topological polar surface area (TPSA) is 34.1 Å². The van der Waals surface area contributed by atoms with Crippen LogP contribution in [0.2, 0.25) is 15.1 Å². The molecule has 148 valence electrons. The Morgan fingerprint density at radius 1 is 1.04 bits per heavy atom. The van der Waals surface area contributed by atoms with Crippen molar-refractivity contribution in [3.05, 3.63) is 68.8 Å². The molecule has 0 aliphatic rings. The molecular formula is C22H23Cl3N2O. The van der Waals surface area contributed by atoms with Gasteiger partial charge in [-0.3, -0.25) is 0 Å². The summed E-state index contributed by atoms with van der Waals surface area (Å²) in [5.41, 5.74) is 2.83. The average molecular weight is 438 g/mol. The lowest BCUT2D eigenvalue weighted by atomic mass is 10.1.